The lowest BCUT2D eigenvalue weighted by Crippen LogP contribution is -2.21. The smallest absolute Gasteiger partial charge is 0.279 e. The molecule has 1 aromatic rings. The Morgan fingerprint density at radius 3 is 1.92 bits per heavy atom. The maximum absolute atomic E-state index is 10.7. The molecular weight excluding hydrogens is 233 g/mol. The predicted molar refractivity (Wildman–Crippen MR) is 37.5 cm³/mol. The fourth-order valence-electron chi connectivity index (χ4n) is 0.136. The van der Waals surface area contributed by atoms with E-state index in [0.717, 1.165) is 0 Å². The molecule has 0 bridgehead atoms. The second-order valence-corrected chi connectivity index (χ2v) is 3.55. The van der Waals surface area contributed by atoms with Gasteiger partial charge in [-0.05, 0) is 11.5 Å². The maximum atomic E-state index is 10.7. The Bertz CT molecular complexity index is 301. The Kier molecular flexibility index (Phi) is 4.23. The van der Waals surface area contributed by atoms with Crippen molar-refractivity contribution in [3.05, 3.63) is 11.8 Å². The van der Waals surface area contributed by atoms with Crippen molar-refractivity contribution in [1.82, 2.24) is 9.36 Å². The van der Waals surface area contributed by atoms with E-state index in [9.17, 15) is 13.2 Å². The largest absolute Gasteiger partial charge is 0.522 e. The molecular formula is C3H3F3N2O3S2. The lowest BCUT2D eigenvalue weighted by atomic mass is 11.4. The molecule has 5 nitrogen and oxygen atoms in total. The van der Waals surface area contributed by atoms with Gasteiger partial charge in [0.05, 0.1) is 0 Å². The number of rotatable bonds is 0. The van der Waals surface area contributed by atoms with E-state index in [0.29, 0.717) is 0 Å². The van der Waals surface area contributed by atoms with Crippen molar-refractivity contribution in [2.75, 3.05) is 0 Å². The Morgan fingerprint density at radius 1 is 1.38 bits per heavy atom. The molecule has 0 aliphatic rings. The Hall–Kier alpha value is -0.740. The first-order valence-electron chi connectivity index (χ1n) is 2.48. The highest BCUT2D eigenvalue weighted by Gasteiger charge is 2.44. The second-order valence-electron chi connectivity index (χ2n) is 1.50. The number of hydrogen-bond acceptors (Lipinski definition) is 5. The van der Waals surface area contributed by atoms with Crippen LogP contribution in [-0.2, 0) is 10.1 Å². The fourth-order valence-corrected chi connectivity index (χ4v) is 0.408. The highest BCUT2D eigenvalue weighted by Crippen LogP contribution is 2.20. The van der Waals surface area contributed by atoms with Crippen molar-refractivity contribution in [3.63, 3.8) is 0 Å². The van der Waals surface area contributed by atoms with Crippen LogP contribution in [0.3, 0.4) is 0 Å². The molecule has 0 spiro atoms. The molecule has 10 heteroatoms. The zero-order valence-electron chi connectivity index (χ0n) is 5.76. The SMILES string of the molecule is O=S(=O)(O)C(F)(F)F.c1ncsn1. The van der Waals surface area contributed by atoms with E-state index >= 15 is 0 Å². The van der Waals surface area contributed by atoms with Gasteiger partial charge in [0.2, 0.25) is 0 Å². The van der Waals surface area contributed by atoms with Gasteiger partial charge in [0.15, 0.2) is 0 Å². The van der Waals surface area contributed by atoms with Crippen molar-refractivity contribution in [2.24, 2.45) is 0 Å². The van der Waals surface area contributed by atoms with Gasteiger partial charge in [-0.15, -0.1) is 0 Å². The first-order chi connectivity index (χ1) is 5.75. The van der Waals surface area contributed by atoms with Crippen LogP contribution in [0.25, 0.3) is 0 Å². The van der Waals surface area contributed by atoms with E-state index in [1.54, 1.807) is 5.51 Å². The monoisotopic (exact) mass is 236 g/mol. The third-order valence-corrected chi connectivity index (χ3v) is 1.59. The van der Waals surface area contributed by atoms with Crippen LogP contribution >= 0.6 is 11.5 Å². The molecule has 0 aromatic carbocycles. The van der Waals surface area contributed by atoms with Gasteiger partial charge in [-0.1, -0.05) is 0 Å². The molecule has 0 saturated carbocycles. The minimum absolute atomic E-state index is 1.35. The third-order valence-electron chi connectivity index (χ3n) is 0.575. The van der Waals surface area contributed by atoms with Gasteiger partial charge in [-0.25, -0.2) is 4.98 Å². The molecule has 0 aliphatic carbocycles. The molecule has 1 aromatic heterocycles. The molecule has 13 heavy (non-hydrogen) atoms. The van der Waals surface area contributed by atoms with Crippen LogP contribution in [0.5, 0.6) is 0 Å². The topological polar surface area (TPSA) is 80.2 Å². The van der Waals surface area contributed by atoms with Crippen LogP contribution in [0.15, 0.2) is 11.8 Å². The molecule has 1 N–H and O–H groups in total. The maximum Gasteiger partial charge on any atom is 0.522 e. The second kappa shape index (κ2) is 4.48. The van der Waals surface area contributed by atoms with Gasteiger partial charge in [0.1, 0.15) is 11.8 Å². The molecule has 76 valence electrons. The number of aromatic nitrogens is 2. The number of hydrogen-bond donors (Lipinski definition) is 1. The first-order valence-corrected chi connectivity index (χ1v) is 4.76. The van der Waals surface area contributed by atoms with Gasteiger partial charge >= 0.3 is 15.6 Å². The molecule has 0 fully saturated rings. The van der Waals surface area contributed by atoms with Crippen LogP contribution in [-0.4, -0.2) is 27.8 Å². The lowest BCUT2D eigenvalue weighted by Gasteiger charge is -1.97. The summed E-state index contributed by atoms with van der Waals surface area (Å²) < 4.78 is 61.2. The molecule has 0 saturated heterocycles. The first kappa shape index (κ1) is 12.3. The molecule has 0 amide bonds. The molecule has 1 rings (SSSR count). The van der Waals surface area contributed by atoms with Crippen LogP contribution in [0, 0.1) is 0 Å². The summed E-state index contributed by atoms with van der Waals surface area (Å²) in [5.41, 5.74) is -3.85. The number of nitrogens with zero attached hydrogens (tertiary/aromatic N) is 2. The molecule has 0 atom stereocenters. The van der Waals surface area contributed by atoms with E-state index < -0.39 is 15.6 Å². The van der Waals surface area contributed by atoms with E-state index in [1.807, 2.05) is 0 Å². The van der Waals surface area contributed by atoms with E-state index in [4.69, 9.17) is 13.0 Å². The Balaban J connectivity index is 0.000000243. The summed E-state index contributed by atoms with van der Waals surface area (Å²) in [4.78, 5) is 3.63. The molecule has 0 radical (unpaired) electrons. The average molecular weight is 236 g/mol. The predicted octanol–water partition coefficient (Wildman–Crippen LogP) is 0.932. The van der Waals surface area contributed by atoms with Crippen LogP contribution in [0.4, 0.5) is 13.2 Å². The van der Waals surface area contributed by atoms with E-state index in [1.165, 1.54) is 17.9 Å². The van der Waals surface area contributed by atoms with Gasteiger partial charge in [0, 0.05) is 0 Å². The molecule has 1 heterocycles. The van der Waals surface area contributed by atoms with Crippen molar-refractivity contribution in [3.8, 4) is 0 Å². The van der Waals surface area contributed by atoms with Crippen LogP contribution in [0.2, 0.25) is 0 Å². The van der Waals surface area contributed by atoms with E-state index in [-0.39, 0.29) is 0 Å². The summed E-state index contributed by atoms with van der Waals surface area (Å²) in [7, 11) is -5.84. The summed E-state index contributed by atoms with van der Waals surface area (Å²) in [5, 5.41) is 0. The summed E-state index contributed by atoms with van der Waals surface area (Å²) in [5.74, 6) is 0. The third kappa shape index (κ3) is 5.49. The lowest BCUT2D eigenvalue weighted by molar-refractivity contribution is -0.0510. The normalized spacial score (nSPS) is 11.7. The minimum atomic E-state index is -5.84. The van der Waals surface area contributed by atoms with Crippen molar-refractivity contribution in [1.29, 1.82) is 0 Å². The quantitative estimate of drug-likeness (QED) is 0.535. The summed E-state index contributed by atoms with van der Waals surface area (Å²) in [6, 6.07) is 0. The molecule has 0 unspecified atom stereocenters. The van der Waals surface area contributed by atoms with Gasteiger partial charge in [0.25, 0.3) is 0 Å². The Labute approximate surface area is 75.1 Å². The standard InChI is InChI=1S/C2H2N2S.CHF3O3S/c1-3-2-5-4-1;2-1(3,4)8(5,6)7/h1-2H;(H,5,6,7). The van der Waals surface area contributed by atoms with Gasteiger partial charge < -0.3 is 0 Å². The van der Waals surface area contributed by atoms with Gasteiger partial charge in [-0.2, -0.15) is 26.0 Å². The molecule has 0 aliphatic heterocycles. The average Bonchev–Trinajstić information content (AvgIpc) is 2.35. The van der Waals surface area contributed by atoms with Crippen molar-refractivity contribution >= 4 is 21.7 Å². The highest BCUT2D eigenvalue weighted by molar-refractivity contribution is 7.86. The zero-order chi connectivity index (χ0) is 10.5. The van der Waals surface area contributed by atoms with Crippen LogP contribution in [0.1, 0.15) is 0 Å². The van der Waals surface area contributed by atoms with Crippen LogP contribution < -0.4 is 0 Å². The summed E-state index contributed by atoms with van der Waals surface area (Å²) in [6.45, 7) is 0. The summed E-state index contributed by atoms with van der Waals surface area (Å²) in [6.07, 6.45) is 1.52. The zero-order valence-corrected chi connectivity index (χ0v) is 7.40. The van der Waals surface area contributed by atoms with Crippen molar-refractivity contribution < 1.29 is 26.1 Å². The fraction of sp³-hybridized carbons (Fsp3) is 0.333. The number of halogens is 3. The van der Waals surface area contributed by atoms with Gasteiger partial charge in [-0.3, -0.25) is 4.55 Å². The summed E-state index contributed by atoms with van der Waals surface area (Å²) >= 11 is 1.35. The number of alkyl halides is 3. The highest BCUT2D eigenvalue weighted by atomic mass is 32.2. The Morgan fingerprint density at radius 2 is 1.85 bits per heavy atom. The van der Waals surface area contributed by atoms with E-state index in [2.05, 4.69) is 9.36 Å². The minimum Gasteiger partial charge on any atom is -0.279 e. The van der Waals surface area contributed by atoms with Crippen molar-refractivity contribution in [2.45, 2.75) is 5.51 Å².